The molecule has 0 radical (unpaired) electrons. The van der Waals surface area contributed by atoms with Crippen LogP contribution in [0.2, 0.25) is 0 Å². The molecule has 0 fully saturated rings. The number of hydrogen-bond acceptors (Lipinski definition) is 3. The molecule has 0 atom stereocenters. The summed E-state index contributed by atoms with van der Waals surface area (Å²) in [6.45, 7) is 5.55. The zero-order valence-electron chi connectivity index (χ0n) is 13.0. The molecule has 0 aliphatic rings. The number of imidazole rings is 1. The zero-order valence-corrected chi connectivity index (χ0v) is 13.0. The fraction of sp³-hybridized carbons (Fsp3) is 0.278. The van der Waals surface area contributed by atoms with Crippen molar-refractivity contribution in [3.63, 3.8) is 0 Å². The average molecular weight is 295 g/mol. The van der Waals surface area contributed by atoms with Crippen molar-refractivity contribution < 1.29 is 4.74 Å². The molecule has 22 heavy (non-hydrogen) atoms. The van der Waals surface area contributed by atoms with Crippen molar-refractivity contribution in [1.29, 1.82) is 0 Å². The van der Waals surface area contributed by atoms with Crippen molar-refractivity contribution in [3.8, 4) is 5.75 Å². The van der Waals surface area contributed by atoms with Crippen molar-refractivity contribution >= 4 is 10.8 Å². The van der Waals surface area contributed by atoms with Crippen LogP contribution in [0.1, 0.15) is 25.2 Å². The van der Waals surface area contributed by atoms with E-state index in [4.69, 9.17) is 4.74 Å². The largest absolute Gasteiger partial charge is 0.491 e. The second-order valence-corrected chi connectivity index (χ2v) is 5.57. The molecule has 0 aliphatic heterocycles. The lowest BCUT2D eigenvalue weighted by molar-refractivity contribution is 0.240. The molecule has 2 N–H and O–H groups in total. The molecule has 114 valence electrons. The molecule has 0 bridgehead atoms. The molecular weight excluding hydrogens is 274 g/mol. The minimum atomic E-state index is 0.157. The monoisotopic (exact) mass is 295 g/mol. The van der Waals surface area contributed by atoms with E-state index < -0.39 is 0 Å². The van der Waals surface area contributed by atoms with E-state index in [0.717, 1.165) is 18.1 Å². The predicted molar refractivity (Wildman–Crippen MR) is 88.8 cm³/mol. The van der Waals surface area contributed by atoms with E-state index in [2.05, 4.69) is 65.5 Å². The second-order valence-electron chi connectivity index (χ2n) is 5.57. The van der Waals surface area contributed by atoms with Gasteiger partial charge in [0.05, 0.1) is 12.6 Å². The van der Waals surface area contributed by atoms with Gasteiger partial charge in [0.25, 0.3) is 0 Å². The average Bonchev–Trinajstić information content (AvgIpc) is 3.02. The number of aromatic nitrogens is 2. The second kappa shape index (κ2) is 6.62. The first-order valence-electron chi connectivity index (χ1n) is 7.60. The summed E-state index contributed by atoms with van der Waals surface area (Å²) in [5, 5.41) is 5.90. The Labute approximate surface area is 130 Å². The summed E-state index contributed by atoms with van der Waals surface area (Å²) in [5.74, 6) is 1.88. The number of fused-ring (bicyclic) bond motifs is 1. The normalized spacial score (nSPS) is 11.2. The maximum Gasteiger partial charge on any atom is 0.124 e. The van der Waals surface area contributed by atoms with Crippen LogP contribution in [0, 0.1) is 0 Å². The highest BCUT2D eigenvalue weighted by Gasteiger charge is 2.10. The molecule has 2 aromatic carbocycles. The molecule has 4 nitrogen and oxygen atoms in total. The summed E-state index contributed by atoms with van der Waals surface area (Å²) in [7, 11) is 0. The number of hydrogen-bond donors (Lipinski definition) is 2. The van der Waals surface area contributed by atoms with Crippen molar-refractivity contribution in [3.05, 3.63) is 60.2 Å². The standard InChI is InChI=1S/C18H21N3O/c1-13(2)22-17-8-7-14-5-3-4-6-15(14)16(17)11-19-12-18-20-9-10-21-18/h3-10,13,19H,11-12H2,1-2H3,(H,20,21). The van der Waals surface area contributed by atoms with Crippen LogP contribution >= 0.6 is 0 Å². The number of aromatic amines is 1. The smallest absolute Gasteiger partial charge is 0.124 e. The molecule has 0 spiro atoms. The van der Waals surface area contributed by atoms with Crippen LogP contribution in [0.15, 0.2) is 48.8 Å². The summed E-state index contributed by atoms with van der Waals surface area (Å²) in [6, 6.07) is 12.6. The molecule has 0 saturated heterocycles. The van der Waals surface area contributed by atoms with E-state index in [1.807, 2.05) is 6.20 Å². The zero-order chi connectivity index (χ0) is 15.4. The van der Waals surface area contributed by atoms with Crippen LogP contribution < -0.4 is 10.1 Å². The van der Waals surface area contributed by atoms with Gasteiger partial charge in [-0.2, -0.15) is 0 Å². The Bertz CT molecular complexity index is 735. The Morgan fingerprint density at radius 2 is 2.00 bits per heavy atom. The van der Waals surface area contributed by atoms with Crippen molar-refractivity contribution in [2.24, 2.45) is 0 Å². The fourth-order valence-corrected chi connectivity index (χ4v) is 2.56. The van der Waals surface area contributed by atoms with Gasteiger partial charge in [-0.05, 0) is 30.7 Å². The first-order valence-corrected chi connectivity index (χ1v) is 7.60. The highest BCUT2D eigenvalue weighted by atomic mass is 16.5. The topological polar surface area (TPSA) is 49.9 Å². The summed E-state index contributed by atoms with van der Waals surface area (Å²) < 4.78 is 5.98. The number of rotatable bonds is 6. The van der Waals surface area contributed by atoms with Crippen molar-refractivity contribution in [2.45, 2.75) is 33.0 Å². The van der Waals surface area contributed by atoms with Gasteiger partial charge in [-0.1, -0.05) is 30.3 Å². The summed E-state index contributed by atoms with van der Waals surface area (Å²) in [6.07, 6.45) is 3.76. The third-order valence-corrected chi connectivity index (χ3v) is 3.51. The van der Waals surface area contributed by atoms with Crippen LogP contribution in [-0.2, 0) is 13.1 Å². The summed E-state index contributed by atoms with van der Waals surface area (Å²) in [5.41, 5.74) is 1.19. The van der Waals surface area contributed by atoms with Crippen LogP contribution in [-0.4, -0.2) is 16.1 Å². The van der Waals surface area contributed by atoms with Gasteiger partial charge in [-0.25, -0.2) is 4.98 Å². The molecule has 0 aliphatic carbocycles. The van der Waals surface area contributed by atoms with Gasteiger partial charge in [0.15, 0.2) is 0 Å². The lowest BCUT2D eigenvalue weighted by atomic mass is 10.0. The highest BCUT2D eigenvalue weighted by Crippen LogP contribution is 2.28. The van der Waals surface area contributed by atoms with Crippen molar-refractivity contribution in [1.82, 2.24) is 15.3 Å². The van der Waals surface area contributed by atoms with Gasteiger partial charge in [-0.15, -0.1) is 0 Å². The van der Waals surface area contributed by atoms with Gasteiger partial charge < -0.3 is 15.0 Å². The van der Waals surface area contributed by atoms with Gasteiger partial charge in [-0.3, -0.25) is 0 Å². The lowest BCUT2D eigenvalue weighted by Crippen LogP contribution is -2.16. The van der Waals surface area contributed by atoms with E-state index in [1.165, 1.54) is 16.3 Å². The summed E-state index contributed by atoms with van der Waals surface area (Å²) >= 11 is 0. The molecule has 0 saturated carbocycles. The molecule has 3 aromatic rings. The maximum atomic E-state index is 5.98. The quantitative estimate of drug-likeness (QED) is 0.730. The number of benzene rings is 2. The lowest BCUT2D eigenvalue weighted by Gasteiger charge is -2.17. The van der Waals surface area contributed by atoms with E-state index in [0.29, 0.717) is 6.54 Å². The Morgan fingerprint density at radius 3 is 2.77 bits per heavy atom. The van der Waals surface area contributed by atoms with Crippen LogP contribution in [0.25, 0.3) is 10.8 Å². The predicted octanol–water partition coefficient (Wildman–Crippen LogP) is 3.64. The SMILES string of the molecule is CC(C)Oc1ccc2ccccc2c1CNCc1ncc[nH]1. The van der Waals surface area contributed by atoms with E-state index in [-0.39, 0.29) is 6.10 Å². The minimum absolute atomic E-state index is 0.157. The van der Waals surface area contributed by atoms with E-state index in [1.54, 1.807) is 6.20 Å². The maximum absolute atomic E-state index is 5.98. The number of ether oxygens (including phenoxy) is 1. The van der Waals surface area contributed by atoms with Crippen molar-refractivity contribution in [2.75, 3.05) is 0 Å². The molecule has 1 aromatic heterocycles. The van der Waals surface area contributed by atoms with Crippen LogP contribution in [0.3, 0.4) is 0 Å². The Morgan fingerprint density at radius 1 is 1.14 bits per heavy atom. The molecule has 0 amide bonds. The van der Waals surface area contributed by atoms with E-state index in [9.17, 15) is 0 Å². The van der Waals surface area contributed by atoms with E-state index >= 15 is 0 Å². The minimum Gasteiger partial charge on any atom is -0.491 e. The van der Waals surface area contributed by atoms with Crippen LogP contribution in [0.5, 0.6) is 5.75 Å². The Hall–Kier alpha value is -2.33. The molecule has 1 heterocycles. The molecule has 3 rings (SSSR count). The van der Waals surface area contributed by atoms with Gasteiger partial charge in [0.1, 0.15) is 11.6 Å². The molecule has 0 unspecified atom stereocenters. The number of nitrogens with zero attached hydrogens (tertiary/aromatic N) is 1. The third-order valence-electron chi connectivity index (χ3n) is 3.51. The van der Waals surface area contributed by atoms with Gasteiger partial charge in [0.2, 0.25) is 0 Å². The molecule has 4 heteroatoms. The Balaban J connectivity index is 1.86. The third kappa shape index (κ3) is 3.28. The Kier molecular flexibility index (Phi) is 4.39. The van der Waals surface area contributed by atoms with Crippen LogP contribution in [0.4, 0.5) is 0 Å². The number of nitrogens with one attached hydrogen (secondary N) is 2. The fourth-order valence-electron chi connectivity index (χ4n) is 2.56. The highest BCUT2D eigenvalue weighted by molar-refractivity contribution is 5.87. The summed E-state index contributed by atoms with van der Waals surface area (Å²) in [4.78, 5) is 7.33. The van der Waals surface area contributed by atoms with Gasteiger partial charge in [0, 0.05) is 24.5 Å². The van der Waals surface area contributed by atoms with Gasteiger partial charge >= 0.3 is 0 Å². The number of H-pyrrole nitrogens is 1. The molecular formula is C18H21N3O. The first kappa shape index (κ1) is 14.6. The first-order chi connectivity index (χ1) is 10.7.